The first kappa shape index (κ1) is 13.7. The van der Waals surface area contributed by atoms with Crippen molar-refractivity contribution >= 4 is 23.5 Å². The number of nitrogens with one attached hydrogen (secondary N) is 1. The van der Waals surface area contributed by atoms with Gasteiger partial charge in [0.25, 0.3) is 0 Å². The molecule has 1 rings (SSSR count). The molecule has 3 unspecified atom stereocenters. The van der Waals surface area contributed by atoms with Crippen LogP contribution in [-0.4, -0.2) is 34.6 Å². The number of hydrogen-bond donors (Lipinski definition) is 1. The molecule has 15 heavy (non-hydrogen) atoms. The van der Waals surface area contributed by atoms with Crippen LogP contribution in [0.4, 0.5) is 0 Å². The first-order valence-electron chi connectivity index (χ1n) is 6.17. The van der Waals surface area contributed by atoms with Crippen LogP contribution in [0.5, 0.6) is 0 Å². The van der Waals surface area contributed by atoms with Crippen LogP contribution in [0, 0.1) is 5.92 Å². The molecular formula is C12H25NS2. The van der Waals surface area contributed by atoms with Gasteiger partial charge in [-0.2, -0.15) is 23.5 Å². The average molecular weight is 247 g/mol. The summed E-state index contributed by atoms with van der Waals surface area (Å²) in [4.78, 5) is 0. The van der Waals surface area contributed by atoms with E-state index in [0.717, 1.165) is 23.0 Å². The first-order chi connectivity index (χ1) is 7.20. The van der Waals surface area contributed by atoms with Crippen molar-refractivity contribution in [2.75, 3.05) is 18.1 Å². The molecule has 1 fully saturated rings. The zero-order valence-electron chi connectivity index (χ0n) is 10.5. The molecule has 3 heteroatoms. The smallest absolute Gasteiger partial charge is 0.0322 e. The van der Waals surface area contributed by atoms with Crippen LogP contribution in [-0.2, 0) is 0 Å². The van der Waals surface area contributed by atoms with Crippen LogP contribution in [0.1, 0.15) is 34.1 Å². The van der Waals surface area contributed by atoms with Gasteiger partial charge in [-0.1, -0.05) is 27.7 Å². The summed E-state index contributed by atoms with van der Waals surface area (Å²) in [5.74, 6) is 3.42. The highest BCUT2D eigenvalue weighted by Gasteiger charge is 2.32. The molecule has 1 aliphatic heterocycles. The van der Waals surface area contributed by atoms with Crippen LogP contribution < -0.4 is 5.32 Å². The highest BCUT2D eigenvalue weighted by atomic mass is 32.2. The SMILES string of the molecule is CCNC(C(C)C)C1SCCSC1CC. The number of thioether (sulfide) groups is 2. The first-order valence-corrected chi connectivity index (χ1v) is 8.27. The molecule has 0 radical (unpaired) electrons. The van der Waals surface area contributed by atoms with Gasteiger partial charge in [0.1, 0.15) is 0 Å². The summed E-state index contributed by atoms with van der Waals surface area (Å²) in [6.45, 7) is 10.3. The van der Waals surface area contributed by atoms with E-state index in [1.165, 1.54) is 17.9 Å². The van der Waals surface area contributed by atoms with Gasteiger partial charge in [0, 0.05) is 28.0 Å². The highest BCUT2D eigenvalue weighted by Crippen LogP contribution is 2.36. The Morgan fingerprint density at radius 2 is 1.87 bits per heavy atom. The van der Waals surface area contributed by atoms with Crippen LogP contribution in [0.15, 0.2) is 0 Å². The predicted octanol–water partition coefficient (Wildman–Crippen LogP) is 3.25. The van der Waals surface area contributed by atoms with Crippen molar-refractivity contribution in [1.82, 2.24) is 5.32 Å². The van der Waals surface area contributed by atoms with Gasteiger partial charge in [-0.15, -0.1) is 0 Å². The van der Waals surface area contributed by atoms with Gasteiger partial charge in [0.2, 0.25) is 0 Å². The monoisotopic (exact) mass is 247 g/mol. The van der Waals surface area contributed by atoms with Gasteiger partial charge in [0.15, 0.2) is 0 Å². The maximum absolute atomic E-state index is 3.68. The summed E-state index contributed by atoms with van der Waals surface area (Å²) in [6, 6.07) is 0.692. The summed E-state index contributed by atoms with van der Waals surface area (Å²) in [5, 5.41) is 5.35. The molecule has 1 nitrogen and oxygen atoms in total. The fraction of sp³-hybridized carbons (Fsp3) is 1.00. The zero-order valence-corrected chi connectivity index (χ0v) is 12.1. The minimum Gasteiger partial charge on any atom is -0.313 e. The fourth-order valence-electron chi connectivity index (χ4n) is 2.24. The van der Waals surface area contributed by atoms with Crippen molar-refractivity contribution in [3.8, 4) is 0 Å². The Morgan fingerprint density at radius 3 is 2.40 bits per heavy atom. The summed E-state index contributed by atoms with van der Waals surface area (Å²) in [5.41, 5.74) is 0. The Bertz CT molecular complexity index is 173. The second kappa shape index (κ2) is 7.08. The molecule has 1 heterocycles. The Hall–Kier alpha value is 0.660. The lowest BCUT2D eigenvalue weighted by Crippen LogP contribution is -2.48. The maximum Gasteiger partial charge on any atom is 0.0322 e. The van der Waals surface area contributed by atoms with Crippen molar-refractivity contribution in [1.29, 1.82) is 0 Å². The predicted molar refractivity (Wildman–Crippen MR) is 75.1 cm³/mol. The third-order valence-corrected chi connectivity index (χ3v) is 6.38. The Balaban J connectivity index is 2.61. The molecule has 0 aromatic heterocycles. The van der Waals surface area contributed by atoms with Crippen LogP contribution >= 0.6 is 23.5 Å². The molecule has 90 valence electrons. The summed E-state index contributed by atoms with van der Waals surface area (Å²) < 4.78 is 0. The summed E-state index contributed by atoms with van der Waals surface area (Å²) >= 11 is 4.37. The number of hydrogen-bond acceptors (Lipinski definition) is 3. The molecule has 0 aromatic carbocycles. The Labute approximate surface area is 104 Å². The Kier molecular flexibility index (Phi) is 6.48. The van der Waals surface area contributed by atoms with Gasteiger partial charge < -0.3 is 5.32 Å². The third kappa shape index (κ3) is 3.86. The van der Waals surface area contributed by atoms with Gasteiger partial charge in [-0.25, -0.2) is 0 Å². The van der Waals surface area contributed by atoms with Gasteiger partial charge >= 0.3 is 0 Å². The molecule has 0 bridgehead atoms. The highest BCUT2D eigenvalue weighted by molar-refractivity contribution is 8.07. The molecule has 1 aliphatic rings. The number of rotatable bonds is 5. The largest absolute Gasteiger partial charge is 0.313 e. The standard InChI is InChI=1S/C12H25NS2/c1-5-10-12(15-8-7-14-10)11(9(3)4)13-6-2/h9-13H,5-8H2,1-4H3. The molecule has 0 spiro atoms. The average Bonchev–Trinajstić information content (AvgIpc) is 2.25. The van der Waals surface area contributed by atoms with E-state index in [4.69, 9.17) is 0 Å². The summed E-state index contributed by atoms with van der Waals surface area (Å²) in [7, 11) is 0. The molecule has 1 saturated heterocycles. The molecule has 1 N–H and O–H groups in total. The normalized spacial score (nSPS) is 29.4. The van der Waals surface area contributed by atoms with Gasteiger partial charge in [-0.3, -0.25) is 0 Å². The molecule has 0 aliphatic carbocycles. The second-order valence-electron chi connectivity index (χ2n) is 4.48. The quantitative estimate of drug-likeness (QED) is 0.801. The van der Waals surface area contributed by atoms with Gasteiger partial charge in [0.05, 0.1) is 0 Å². The van der Waals surface area contributed by atoms with Crippen molar-refractivity contribution in [3.05, 3.63) is 0 Å². The molecule has 0 amide bonds. The Morgan fingerprint density at radius 1 is 1.20 bits per heavy atom. The van der Waals surface area contributed by atoms with E-state index in [1.807, 2.05) is 0 Å². The van der Waals surface area contributed by atoms with Crippen molar-refractivity contribution < 1.29 is 0 Å². The topological polar surface area (TPSA) is 12.0 Å². The minimum atomic E-state index is 0.692. The van der Waals surface area contributed by atoms with E-state index in [9.17, 15) is 0 Å². The van der Waals surface area contributed by atoms with E-state index in [0.29, 0.717) is 6.04 Å². The fourth-order valence-corrected chi connectivity index (χ4v) is 5.67. The lowest BCUT2D eigenvalue weighted by atomic mass is 9.97. The van der Waals surface area contributed by atoms with Crippen molar-refractivity contribution in [3.63, 3.8) is 0 Å². The molecule has 3 atom stereocenters. The van der Waals surface area contributed by atoms with E-state index in [-0.39, 0.29) is 0 Å². The van der Waals surface area contributed by atoms with E-state index >= 15 is 0 Å². The molecule has 0 saturated carbocycles. The van der Waals surface area contributed by atoms with E-state index in [2.05, 4.69) is 56.5 Å². The van der Waals surface area contributed by atoms with E-state index < -0.39 is 0 Å². The van der Waals surface area contributed by atoms with Crippen molar-refractivity contribution in [2.24, 2.45) is 5.92 Å². The lowest BCUT2D eigenvalue weighted by molar-refractivity contribution is 0.388. The van der Waals surface area contributed by atoms with Crippen LogP contribution in [0.25, 0.3) is 0 Å². The molecular weight excluding hydrogens is 222 g/mol. The third-order valence-electron chi connectivity index (χ3n) is 3.01. The van der Waals surface area contributed by atoms with Gasteiger partial charge in [-0.05, 0) is 18.9 Å². The van der Waals surface area contributed by atoms with Crippen LogP contribution in [0.2, 0.25) is 0 Å². The maximum atomic E-state index is 3.68. The van der Waals surface area contributed by atoms with Crippen molar-refractivity contribution in [2.45, 2.75) is 50.7 Å². The molecule has 0 aromatic rings. The summed E-state index contributed by atoms with van der Waals surface area (Å²) in [6.07, 6.45) is 1.32. The lowest BCUT2D eigenvalue weighted by Gasteiger charge is -2.38. The van der Waals surface area contributed by atoms with Crippen LogP contribution in [0.3, 0.4) is 0 Å². The minimum absolute atomic E-state index is 0.692. The second-order valence-corrected chi connectivity index (χ2v) is 7.11. The van der Waals surface area contributed by atoms with E-state index in [1.54, 1.807) is 0 Å². The zero-order chi connectivity index (χ0) is 11.3.